The number of allylic oxidation sites excluding steroid dienone is 5. The van der Waals surface area contributed by atoms with Crippen LogP contribution in [0, 0.1) is 0 Å². The van der Waals surface area contributed by atoms with Gasteiger partial charge in [0, 0.05) is 11.6 Å². The highest BCUT2D eigenvalue weighted by Crippen LogP contribution is 2.13. The van der Waals surface area contributed by atoms with Gasteiger partial charge in [0.2, 0.25) is 0 Å². The quantitative estimate of drug-likeness (QED) is 0.528. The van der Waals surface area contributed by atoms with Crippen LogP contribution in [-0.2, 0) is 4.79 Å². The van der Waals surface area contributed by atoms with E-state index in [1.54, 1.807) is 12.2 Å². The van der Waals surface area contributed by atoms with Crippen LogP contribution in [0.4, 0.5) is 0 Å². The molecular formula is C10H10NO+. The van der Waals surface area contributed by atoms with E-state index < -0.39 is 0 Å². The van der Waals surface area contributed by atoms with E-state index in [0.29, 0.717) is 0 Å². The molecule has 1 heterocycles. The second-order valence-electron chi connectivity index (χ2n) is 2.96. The minimum Gasteiger partial charge on any atom is -0.290 e. The minimum absolute atomic E-state index is 0.0804. The number of carbonyl (C=O) groups excluding carboxylic acids is 1. The first kappa shape index (κ1) is 7.25. The summed E-state index contributed by atoms with van der Waals surface area (Å²) in [5.74, 6) is 0.0804. The molecule has 0 saturated heterocycles. The van der Waals surface area contributed by atoms with Gasteiger partial charge in [-0.05, 0) is 24.3 Å². The van der Waals surface area contributed by atoms with Gasteiger partial charge in [-0.3, -0.25) is 9.69 Å². The lowest BCUT2D eigenvalue weighted by Gasteiger charge is -2.17. The van der Waals surface area contributed by atoms with Gasteiger partial charge in [0.1, 0.15) is 5.70 Å². The molecule has 0 radical (unpaired) electrons. The zero-order valence-corrected chi connectivity index (χ0v) is 6.87. The molecule has 1 aliphatic carbocycles. The molecular weight excluding hydrogens is 150 g/mol. The maximum absolute atomic E-state index is 11.0. The normalized spacial score (nSPS) is 26.4. The van der Waals surface area contributed by atoms with Crippen molar-refractivity contribution in [2.75, 3.05) is 7.05 Å². The Morgan fingerprint density at radius 1 is 1.33 bits per heavy atom. The van der Waals surface area contributed by atoms with E-state index in [2.05, 4.69) is 0 Å². The number of carbonyl (C=O) groups is 1. The standard InChI is InChI=1S/C10H9NO/c1-11-6-2-3-8-4-5-9(12)7-10(8)11/h2-7H,1H3/p+1. The predicted molar refractivity (Wildman–Crippen MR) is 46.3 cm³/mol. The van der Waals surface area contributed by atoms with Gasteiger partial charge in [-0.15, -0.1) is 0 Å². The third-order valence-electron chi connectivity index (χ3n) is 2.07. The largest absolute Gasteiger partial charge is 0.290 e. The van der Waals surface area contributed by atoms with Crippen LogP contribution >= 0.6 is 0 Å². The van der Waals surface area contributed by atoms with Crippen LogP contribution in [-0.4, -0.2) is 12.8 Å². The Kier molecular flexibility index (Phi) is 1.55. The topological polar surface area (TPSA) is 21.5 Å². The van der Waals surface area contributed by atoms with Gasteiger partial charge in [-0.1, -0.05) is 0 Å². The molecule has 0 saturated carbocycles. The van der Waals surface area contributed by atoms with Gasteiger partial charge in [0.15, 0.2) is 5.78 Å². The van der Waals surface area contributed by atoms with E-state index >= 15 is 0 Å². The fourth-order valence-corrected chi connectivity index (χ4v) is 1.41. The zero-order chi connectivity index (χ0) is 8.55. The van der Waals surface area contributed by atoms with Crippen LogP contribution in [0.25, 0.3) is 0 Å². The fraction of sp³-hybridized carbons (Fsp3) is 0.100. The molecule has 0 aromatic heterocycles. The SMILES string of the molecule is C[NH+]1C=CC=C2C=CC(=O)C=C21. The number of rotatable bonds is 0. The summed E-state index contributed by atoms with van der Waals surface area (Å²) >= 11 is 0. The monoisotopic (exact) mass is 160 g/mol. The van der Waals surface area contributed by atoms with Crippen molar-refractivity contribution in [2.24, 2.45) is 0 Å². The summed E-state index contributed by atoms with van der Waals surface area (Å²) in [5.41, 5.74) is 2.19. The highest BCUT2D eigenvalue weighted by Gasteiger charge is 2.18. The van der Waals surface area contributed by atoms with Crippen molar-refractivity contribution in [2.45, 2.75) is 0 Å². The van der Waals surface area contributed by atoms with Gasteiger partial charge < -0.3 is 0 Å². The molecule has 2 heteroatoms. The molecule has 0 bridgehead atoms. The van der Waals surface area contributed by atoms with Gasteiger partial charge in [-0.2, -0.15) is 0 Å². The summed E-state index contributed by atoms with van der Waals surface area (Å²) in [6.45, 7) is 0. The van der Waals surface area contributed by atoms with Crippen molar-refractivity contribution in [3.8, 4) is 0 Å². The second-order valence-corrected chi connectivity index (χ2v) is 2.96. The molecule has 2 aliphatic rings. The van der Waals surface area contributed by atoms with E-state index in [1.165, 1.54) is 0 Å². The summed E-state index contributed by atoms with van der Waals surface area (Å²) in [6.07, 6.45) is 11.2. The van der Waals surface area contributed by atoms with Crippen molar-refractivity contribution in [1.29, 1.82) is 0 Å². The molecule has 0 amide bonds. The number of hydrogen-bond acceptors (Lipinski definition) is 1. The average Bonchev–Trinajstić information content (AvgIpc) is 2.07. The third kappa shape index (κ3) is 1.06. The van der Waals surface area contributed by atoms with E-state index in [4.69, 9.17) is 0 Å². The summed E-state index contributed by atoms with van der Waals surface area (Å²) < 4.78 is 0. The maximum atomic E-state index is 11.0. The van der Waals surface area contributed by atoms with E-state index in [9.17, 15) is 4.79 Å². The molecule has 1 N–H and O–H groups in total. The molecule has 2 rings (SSSR count). The smallest absolute Gasteiger partial charge is 0.184 e. The lowest BCUT2D eigenvalue weighted by molar-refractivity contribution is -0.779. The highest BCUT2D eigenvalue weighted by molar-refractivity contribution is 6.02. The lowest BCUT2D eigenvalue weighted by atomic mass is 10.0. The molecule has 2 nitrogen and oxygen atoms in total. The Hall–Kier alpha value is -1.41. The summed E-state index contributed by atoms with van der Waals surface area (Å²) in [6, 6.07) is 0. The number of fused-ring (bicyclic) bond motifs is 1. The van der Waals surface area contributed by atoms with Crippen LogP contribution in [0.3, 0.4) is 0 Å². The molecule has 1 unspecified atom stereocenters. The summed E-state index contributed by atoms with van der Waals surface area (Å²) in [5, 5.41) is 0. The lowest BCUT2D eigenvalue weighted by Crippen LogP contribution is -3.02. The van der Waals surface area contributed by atoms with E-state index in [0.717, 1.165) is 16.2 Å². The Labute approximate surface area is 71.2 Å². The summed E-state index contributed by atoms with van der Waals surface area (Å²) in [4.78, 5) is 12.2. The Morgan fingerprint density at radius 2 is 2.17 bits per heavy atom. The predicted octanol–water partition coefficient (Wildman–Crippen LogP) is -0.0224. The molecule has 1 aliphatic heterocycles. The highest BCUT2D eigenvalue weighted by atomic mass is 16.1. The Morgan fingerprint density at radius 3 is 3.00 bits per heavy atom. The zero-order valence-electron chi connectivity index (χ0n) is 6.87. The first-order valence-corrected chi connectivity index (χ1v) is 3.94. The van der Waals surface area contributed by atoms with Crippen molar-refractivity contribution in [3.05, 3.63) is 47.9 Å². The average molecular weight is 160 g/mol. The van der Waals surface area contributed by atoms with E-state index in [1.807, 2.05) is 31.5 Å². The molecule has 12 heavy (non-hydrogen) atoms. The first-order chi connectivity index (χ1) is 5.77. The number of likely N-dealkylation sites (N-methyl/N-ethyl adjacent to an activating group) is 1. The van der Waals surface area contributed by atoms with Gasteiger partial charge >= 0.3 is 0 Å². The van der Waals surface area contributed by atoms with Crippen LogP contribution in [0.2, 0.25) is 0 Å². The minimum atomic E-state index is 0.0804. The number of hydrogen-bond donors (Lipinski definition) is 1. The van der Waals surface area contributed by atoms with Crippen molar-refractivity contribution in [3.63, 3.8) is 0 Å². The Balaban J connectivity index is 2.46. The molecule has 0 aromatic carbocycles. The number of nitrogens with one attached hydrogen (secondary N) is 1. The van der Waals surface area contributed by atoms with Crippen molar-refractivity contribution < 1.29 is 9.69 Å². The van der Waals surface area contributed by atoms with Crippen LogP contribution in [0.1, 0.15) is 0 Å². The van der Waals surface area contributed by atoms with Gasteiger partial charge in [-0.25, -0.2) is 0 Å². The second kappa shape index (κ2) is 2.57. The number of quaternary nitrogens is 1. The Bertz CT molecular complexity index is 345. The first-order valence-electron chi connectivity index (χ1n) is 3.94. The van der Waals surface area contributed by atoms with Crippen molar-refractivity contribution >= 4 is 5.78 Å². The summed E-state index contributed by atoms with van der Waals surface area (Å²) in [7, 11) is 2.02. The third-order valence-corrected chi connectivity index (χ3v) is 2.07. The van der Waals surface area contributed by atoms with E-state index in [-0.39, 0.29) is 5.78 Å². The molecule has 0 spiro atoms. The molecule has 1 atom stereocenters. The van der Waals surface area contributed by atoms with Crippen LogP contribution in [0.15, 0.2) is 47.9 Å². The maximum Gasteiger partial charge on any atom is 0.184 e. The molecule has 0 fully saturated rings. The molecule has 60 valence electrons. The van der Waals surface area contributed by atoms with Crippen LogP contribution in [0.5, 0.6) is 0 Å². The fourth-order valence-electron chi connectivity index (χ4n) is 1.41. The van der Waals surface area contributed by atoms with Crippen molar-refractivity contribution in [1.82, 2.24) is 0 Å². The molecule has 0 aromatic rings. The van der Waals surface area contributed by atoms with Gasteiger partial charge in [0.25, 0.3) is 0 Å². The van der Waals surface area contributed by atoms with Gasteiger partial charge in [0.05, 0.1) is 13.2 Å². The number of ketones is 1. The van der Waals surface area contributed by atoms with Crippen LogP contribution < -0.4 is 4.90 Å².